The lowest BCUT2D eigenvalue weighted by molar-refractivity contribution is -0.903. The number of rotatable bonds is 8. The molecule has 0 saturated carbocycles. The molecule has 0 saturated heterocycles. The fourth-order valence-corrected chi connectivity index (χ4v) is 6.51. The number of allylic oxidation sites excluding steroid dienone is 1. The van der Waals surface area contributed by atoms with Crippen molar-refractivity contribution in [3.63, 3.8) is 0 Å². The van der Waals surface area contributed by atoms with Gasteiger partial charge in [-0.2, -0.15) is 18.4 Å². The van der Waals surface area contributed by atoms with Crippen LogP contribution in [-0.4, -0.2) is 58.0 Å². The maximum Gasteiger partial charge on any atom is 0.416 e. The number of H-pyrrole nitrogens is 1. The summed E-state index contributed by atoms with van der Waals surface area (Å²) < 4.78 is 48.2. The number of aromatic amines is 1. The number of nitrogens with one attached hydrogen (secondary N) is 1. The van der Waals surface area contributed by atoms with Gasteiger partial charge < -0.3 is 9.22 Å². The van der Waals surface area contributed by atoms with Gasteiger partial charge in [-0.25, -0.2) is 19.3 Å². The monoisotopic (exact) mass is 668 g/mol. The van der Waals surface area contributed by atoms with Gasteiger partial charge in [0.2, 0.25) is 5.95 Å². The van der Waals surface area contributed by atoms with Crippen LogP contribution < -0.4 is 10.6 Å². The fourth-order valence-electron chi connectivity index (χ4n) is 6.51. The number of aromatic nitrogens is 4. The Morgan fingerprint density at radius 3 is 2.57 bits per heavy atom. The average Bonchev–Trinajstić information content (AvgIpc) is 3.46. The van der Waals surface area contributed by atoms with E-state index in [1.54, 1.807) is 31.3 Å². The normalized spacial score (nSPS) is 14.9. The van der Waals surface area contributed by atoms with Crippen LogP contribution in [0.4, 0.5) is 24.8 Å². The van der Waals surface area contributed by atoms with Gasteiger partial charge in [-0.15, -0.1) is 5.10 Å². The molecule has 6 rings (SSSR count). The predicted octanol–water partition coefficient (Wildman–Crippen LogP) is 6.02. The zero-order valence-electron chi connectivity index (χ0n) is 27.2. The van der Waals surface area contributed by atoms with Crippen LogP contribution in [0.5, 0.6) is 0 Å². The summed E-state index contributed by atoms with van der Waals surface area (Å²) in [5, 5.41) is 17.5. The number of alkyl halides is 3. The fraction of sp³-hybridized carbons (Fsp3) is 0.250. The van der Waals surface area contributed by atoms with Gasteiger partial charge in [0.25, 0.3) is 0 Å². The molecule has 5 aromatic rings. The van der Waals surface area contributed by atoms with Gasteiger partial charge in [0, 0.05) is 35.0 Å². The molecule has 1 aliphatic rings. The SMILES string of the molecule is COC(=O)C1=C(C)N(c2cccc(C(F)(F)F)c2)c2n[nH]c(=O)n2C1c1ccc(C#N)cc1CC[N+](C)(C)Cc1cccc2ncccc12. The molecular formula is C36H33F3N7O3+. The molecule has 2 aromatic heterocycles. The highest BCUT2D eigenvalue weighted by Gasteiger charge is 2.41. The Morgan fingerprint density at radius 1 is 1.06 bits per heavy atom. The quantitative estimate of drug-likeness (QED) is 0.159. The van der Waals surface area contributed by atoms with E-state index in [1.165, 1.54) is 28.7 Å². The zero-order chi connectivity index (χ0) is 35.1. The van der Waals surface area contributed by atoms with Crippen molar-refractivity contribution in [1.82, 2.24) is 19.7 Å². The van der Waals surface area contributed by atoms with Gasteiger partial charge in [0.05, 0.1) is 56.0 Å². The predicted molar refractivity (Wildman–Crippen MR) is 177 cm³/mol. The molecule has 250 valence electrons. The molecule has 10 nitrogen and oxygen atoms in total. The molecule has 3 heterocycles. The number of hydrogen-bond acceptors (Lipinski definition) is 7. The minimum absolute atomic E-state index is 0.00420. The van der Waals surface area contributed by atoms with E-state index in [0.717, 1.165) is 34.2 Å². The van der Waals surface area contributed by atoms with Gasteiger partial charge in [0.1, 0.15) is 12.6 Å². The number of ether oxygens (including phenoxy) is 1. The Kier molecular flexibility index (Phi) is 8.60. The summed E-state index contributed by atoms with van der Waals surface area (Å²) in [6, 6.07) is 20.7. The van der Waals surface area contributed by atoms with E-state index < -0.39 is 29.4 Å². The van der Waals surface area contributed by atoms with E-state index in [4.69, 9.17) is 4.74 Å². The summed E-state index contributed by atoms with van der Waals surface area (Å²) in [5.41, 5.74) is 2.44. The first kappa shape index (κ1) is 33.2. The number of methoxy groups -OCH3 is 1. The number of hydrogen-bond donors (Lipinski definition) is 1. The van der Waals surface area contributed by atoms with E-state index >= 15 is 0 Å². The van der Waals surface area contributed by atoms with Crippen molar-refractivity contribution in [2.45, 2.75) is 32.1 Å². The Labute approximate surface area is 279 Å². The average molecular weight is 669 g/mol. The van der Waals surface area contributed by atoms with Crippen molar-refractivity contribution >= 4 is 28.5 Å². The summed E-state index contributed by atoms with van der Waals surface area (Å²) in [6.07, 6.45) is -2.41. The maximum atomic E-state index is 13.7. The number of quaternary nitrogens is 1. The van der Waals surface area contributed by atoms with Crippen molar-refractivity contribution in [1.29, 1.82) is 5.26 Å². The number of likely N-dealkylation sites (N-methyl/N-ethyl adjacent to an activating group) is 1. The third-order valence-electron chi connectivity index (χ3n) is 8.87. The number of anilines is 2. The summed E-state index contributed by atoms with van der Waals surface area (Å²) in [7, 11) is 5.39. The number of esters is 1. The number of fused-ring (bicyclic) bond motifs is 2. The molecule has 49 heavy (non-hydrogen) atoms. The number of nitrogens with zero attached hydrogens (tertiary/aromatic N) is 6. The molecule has 0 spiro atoms. The Bertz CT molecular complexity index is 2210. The molecule has 1 N–H and O–H groups in total. The van der Waals surface area contributed by atoms with Crippen molar-refractivity contribution in [3.05, 3.63) is 129 Å². The first-order chi connectivity index (χ1) is 23.3. The van der Waals surface area contributed by atoms with Crippen LogP contribution >= 0.6 is 0 Å². The zero-order valence-corrected chi connectivity index (χ0v) is 27.2. The number of nitriles is 1. The van der Waals surface area contributed by atoms with Crippen LogP contribution in [0.2, 0.25) is 0 Å². The summed E-state index contributed by atoms with van der Waals surface area (Å²) in [6.45, 7) is 2.87. The third kappa shape index (κ3) is 6.30. The second-order valence-corrected chi connectivity index (χ2v) is 12.6. The molecule has 1 atom stereocenters. The van der Waals surface area contributed by atoms with Crippen LogP contribution in [0.1, 0.15) is 40.8 Å². The minimum Gasteiger partial charge on any atom is -0.466 e. The number of halogens is 3. The highest BCUT2D eigenvalue weighted by atomic mass is 19.4. The Morgan fingerprint density at radius 2 is 1.84 bits per heavy atom. The van der Waals surface area contributed by atoms with Crippen LogP contribution in [-0.2, 0) is 28.7 Å². The van der Waals surface area contributed by atoms with Gasteiger partial charge in [0.15, 0.2) is 0 Å². The molecule has 0 radical (unpaired) electrons. The second kappa shape index (κ2) is 12.7. The summed E-state index contributed by atoms with van der Waals surface area (Å²) in [4.78, 5) is 32.9. The highest BCUT2D eigenvalue weighted by Crippen LogP contribution is 2.43. The standard InChI is InChI=1S/C36H32F3N7O3/c1-22-31(33(47)49-4)32(45-34(42-43-35(45)48)44(22)27-10-6-9-26(19-27)36(37,38)39)29-14-13-23(20-40)18-24(29)15-17-46(2,3)21-25-8-5-12-30-28(25)11-7-16-41-30/h5-14,16,18-19,32H,15,17,21H2,1-4H3/p+1. The van der Waals surface area contributed by atoms with Crippen molar-refractivity contribution < 1.29 is 27.2 Å². The van der Waals surface area contributed by atoms with E-state index in [0.29, 0.717) is 35.1 Å². The van der Waals surface area contributed by atoms with E-state index in [2.05, 4.69) is 41.4 Å². The summed E-state index contributed by atoms with van der Waals surface area (Å²) in [5.74, 6) is -0.773. The second-order valence-electron chi connectivity index (χ2n) is 12.6. The Balaban J connectivity index is 1.44. The topological polar surface area (TPSA) is 117 Å². The van der Waals surface area contributed by atoms with Crippen LogP contribution in [0.25, 0.3) is 10.9 Å². The van der Waals surface area contributed by atoms with Crippen molar-refractivity contribution in [2.75, 3.05) is 32.6 Å². The molecule has 1 unspecified atom stereocenters. The smallest absolute Gasteiger partial charge is 0.416 e. The first-order valence-electron chi connectivity index (χ1n) is 15.4. The van der Waals surface area contributed by atoms with Gasteiger partial charge >= 0.3 is 17.8 Å². The van der Waals surface area contributed by atoms with Crippen LogP contribution in [0, 0.1) is 11.3 Å². The third-order valence-corrected chi connectivity index (χ3v) is 8.87. The van der Waals surface area contributed by atoms with E-state index in [1.807, 2.05) is 24.3 Å². The number of carbonyl (C=O) groups is 1. The maximum absolute atomic E-state index is 13.7. The van der Waals surface area contributed by atoms with Gasteiger partial charge in [-0.05, 0) is 60.5 Å². The largest absolute Gasteiger partial charge is 0.466 e. The molecule has 13 heteroatoms. The van der Waals surface area contributed by atoms with Gasteiger partial charge in [-0.1, -0.05) is 30.3 Å². The Hall–Kier alpha value is -5.74. The molecule has 0 fully saturated rings. The van der Waals surface area contributed by atoms with E-state index in [9.17, 15) is 28.0 Å². The number of benzene rings is 3. The summed E-state index contributed by atoms with van der Waals surface area (Å²) >= 11 is 0. The lowest BCUT2D eigenvalue weighted by Crippen LogP contribution is -2.41. The van der Waals surface area contributed by atoms with Crippen LogP contribution in [0.3, 0.4) is 0 Å². The molecule has 0 aliphatic carbocycles. The van der Waals surface area contributed by atoms with Gasteiger partial charge in [-0.3, -0.25) is 9.88 Å². The highest BCUT2D eigenvalue weighted by molar-refractivity contribution is 5.93. The van der Waals surface area contributed by atoms with E-state index in [-0.39, 0.29) is 22.9 Å². The molecule has 0 amide bonds. The number of carbonyl (C=O) groups excluding carboxylic acids is 1. The molecule has 0 bridgehead atoms. The number of pyridine rings is 1. The molecular weight excluding hydrogens is 635 g/mol. The molecule has 3 aromatic carbocycles. The van der Waals surface area contributed by atoms with Crippen molar-refractivity contribution in [3.8, 4) is 6.07 Å². The van der Waals surface area contributed by atoms with Crippen molar-refractivity contribution in [2.24, 2.45) is 0 Å². The minimum atomic E-state index is -4.63. The molecule has 1 aliphatic heterocycles. The first-order valence-corrected chi connectivity index (χ1v) is 15.4. The van der Waals surface area contributed by atoms with Crippen LogP contribution in [0.15, 0.2) is 95.1 Å². The lowest BCUT2D eigenvalue weighted by atomic mass is 9.89. The lowest BCUT2D eigenvalue weighted by Gasteiger charge is -2.36.